The second-order valence-electron chi connectivity index (χ2n) is 4.65. The van der Waals surface area contributed by atoms with Gasteiger partial charge in [-0.05, 0) is 38.9 Å². The summed E-state index contributed by atoms with van der Waals surface area (Å²) in [5.41, 5.74) is 1.16. The number of nitrogens with one attached hydrogen (secondary N) is 1. The van der Waals surface area contributed by atoms with Gasteiger partial charge in [-0.2, -0.15) is 0 Å². The molecule has 0 unspecified atom stereocenters. The first-order chi connectivity index (χ1) is 9.38. The van der Waals surface area contributed by atoms with Crippen LogP contribution in [0.3, 0.4) is 0 Å². The molecule has 0 amide bonds. The highest BCUT2D eigenvalue weighted by molar-refractivity contribution is 5.56. The summed E-state index contributed by atoms with van der Waals surface area (Å²) in [4.78, 5) is 0. The predicted molar refractivity (Wildman–Crippen MR) is 83.7 cm³/mol. The van der Waals surface area contributed by atoms with Crippen LogP contribution in [0.15, 0.2) is 30.3 Å². The van der Waals surface area contributed by atoms with Crippen molar-refractivity contribution in [2.75, 3.05) is 19.7 Å². The summed E-state index contributed by atoms with van der Waals surface area (Å²) in [5.74, 6) is 0.994. The molecule has 0 heterocycles. The number of hydrogen-bond donors (Lipinski definition) is 1. The summed E-state index contributed by atoms with van der Waals surface area (Å²) in [6.45, 7) is 7.21. The van der Waals surface area contributed by atoms with E-state index in [1.807, 2.05) is 31.2 Å². The van der Waals surface area contributed by atoms with Crippen molar-refractivity contribution in [2.45, 2.75) is 39.5 Å². The summed E-state index contributed by atoms with van der Waals surface area (Å²) in [5, 5.41) is 3.35. The second kappa shape index (κ2) is 10.6. The molecule has 106 valence electrons. The topological polar surface area (TPSA) is 21.3 Å². The van der Waals surface area contributed by atoms with E-state index in [1.165, 1.54) is 19.3 Å². The molecule has 0 saturated heterocycles. The molecule has 1 aromatic rings. The van der Waals surface area contributed by atoms with E-state index in [2.05, 4.69) is 24.4 Å². The zero-order valence-corrected chi connectivity index (χ0v) is 12.3. The first-order valence-corrected chi connectivity index (χ1v) is 7.43. The van der Waals surface area contributed by atoms with Crippen LogP contribution in [0, 0.1) is 0 Å². The smallest absolute Gasteiger partial charge is 0.126 e. The van der Waals surface area contributed by atoms with Gasteiger partial charge in [0.1, 0.15) is 5.75 Å². The van der Waals surface area contributed by atoms with Gasteiger partial charge in [-0.25, -0.2) is 0 Å². The van der Waals surface area contributed by atoms with E-state index in [0.717, 1.165) is 37.4 Å². The third-order valence-electron chi connectivity index (χ3n) is 3.02. The molecule has 1 rings (SSSR count). The Kier molecular flexibility index (Phi) is 8.82. The Balaban J connectivity index is 2.15. The number of ether oxygens (including phenoxy) is 1. The quantitative estimate of drug-likeness (QED) is 0.635. The van der Waals surface area contributed by atoms with E-state index in [1.54, 1.807) is 0 Å². The minimum atomic E-state index is 0.815. The van der Waals surface area contributed by atoms with E-state index in [9.17, 15) is 0 Å². The zero-order chi connectivity index (χ0) is 13.8. The van der Waals surface area contributed by atoms with Gasteiger partial charge in [0.2, 0.25) is 0 Å². The molecule has 0 atom stereocenters. The van der Waals surface area contributed by atoms with Crippen LogP contribution in [0.1, 0.15) is 45.1 Å². The molecule has 19 heavy (non-hydrogen) atoms. The number of rotatable bonds is 10. The lowest BCUT2D eigenvalue weighted by atomic mass is 10.2. The average Bonchev–Trinajstić information content (AvgIpc) is 2.44. The molecule has 1 N–H and O–H groups in total. The minimum Gasteiger partial charge on any atom is -0.493 e. The van der Waals surface area contributed by atoms with Crippen molar-refractivity contribution >= 4 is 6.08 Å². The largest absolute Gasteiger partial charge is 0.493 e. The van der Waals surface area contributed by atoms with Crippen molar-refractivity contribution in [1.82, 2.24) is 5.32 Å². The maximum absolute atomic E-state index is 5.85. The predicted octanol–water partition coefficient (Wildman–Crippen LogP) is 4.27. The van der Waals surface area contributed by atoms with E-state index in [-0.39, 0.29) is 0 Å². The lowest BCUT2D eigenvalue weighted by Crippen LogP contribution is -2.13. The van der Waals surface area contributed by atoms with Crippen LogP contribution in [-0.4, -0.2) is 19.7 Å². The fraction of sp³-hybridized carbons (Fsp3) is 0.529. The third-order valence-corrected chi connectivity index (χ3v) is 3.02. The van der Waals surface area contributed by atoms with Crippen molar-refractivity contribution in [1.29, 1.82) is 0 Å². The SMILES string of the molecule is CC=Cc1ccccc1OCCCCCCNCC. The van der Waals surface area contributed by atoms with Crippen molar-refractivity contribution < 1.29 is 4.74 Å². The van der Waals surface area contributed by atoms with Crippen LogP contribution >= 0.6 is 0 Å². The highest BCUT2D eigenvalue weighted by atomic mass is 16.5. The number of allylic oxidation sites excluding steroid dienone is 1. The maximum Gasteiger partial charge on any atom is 0.126 e. The summed E-state index contributed by atoms with van der Waals surface area (Å²) < 4.78 is 5.85. The van der Waals surface area contributed by atoms with Crippen LogP contribution in [0.25, 0.3) is 6.08 Å². The maximum atomic E-state index is 5.85. The van der Waals surface area contributed by atoms with Gasteiger partial charge < -0.3 is 10.1 Å². The fourth-order valence-corrected chi connectivity index (χ4v) is 1.99. The second-order valence-corrected chi connectivity index (χ2v) is 4.65. The van der Waals surface area contributed by atoms with Crippen LogP contribution < -0.4 is 10.1 Å². The number of hydrogen-bond acceptors (Lipinski definition) is 2. The van der Waals surface area contributed by atoms with E-state index >= 15 is 0 Å². The van der Waals surface area contributed by atoms with Gasteiger partial charge in [-0.1, -0.05) is 50.1 Å². The molecule has 0 saturated carbocycles. The Labute approximate surface area is 117 Å². The van der Waals surface area contributed by atoms with Gasteiger partial charge in [0.05, 0.1) is 6.61 Å². The summed E-state index contributed by atoms with van der Waals surface area (Å²) in [6, 6.07) is 8.20. The number of unbranched alkanes of at least 4 members (excludes halogenated alkanes) is 3. The summed E-state index contributed by atoms with van der Waals surface area (Å²) in [7, 11) is 0. The van der Waals surface area contributed by atoms with Crippen molar-refractivity contribution in [2.24, 2.45) is 0 Å². The highest BCUT2D eigenvalue weighted by Gasteiger charge is 1.99. The lowest BCUT2D eigenvalue weighted by Gasteiger charge is -2.09. The van der Waals surface area contributed by atoms with Crippen molar-refractivity contribution in [3.63, 3.8) is 0 Å². The lowest BCUT2D eigenvalue weighted by molar-refractivity contribution is 0.304. The Hall–Kier alpha value is -1.28. The van der Waals surface area contributed by atoms with Crippen LogP contribution in [-0.2, 0) is 0 Å². The monoisotopic (exact) mass is 261 g/mol. The van der Waals surface area contributed by atoms with Gasteiger partial charge in [0.15, 0.2) is 0 Å². The molecule has 0 bridgehead atoms. The molecule has 0 aliphatic carbocycles. The normalized spacial score (nSPS) is 11.1. The van der Waals surface area contributed by atoms with Gasteiger partial charge in [0.25, 0.3) is 0 Å². The van der Waals surface area contributed by atoms with Gasteiger partial charge in [-0.3, -0.25) is 0 Å². The van der Waals surface area contributed by atoms with Crippen LogP contribution in [0.5, 0.6) is 5.75 Å². The molecule has 0 aliphatic heterocycles. The Bertz CT molecular complexity index is 360. The van der Waals surface area contributed by atoms with Gasteiger partial charge in [0, 0.05) is 5.56 Å². The third kappa shape index (κ3) is 7.02. The number of para-hydroxylation sites is 1. The highest BCUT2D eigenvalue weighted by Crippen LogP contribution is 2.19. The zero-order valence-electron chi connectivity index (χ0n) is 12.3. The summed E-state index contributed by atoms with van der Waals surface area (Å²) in [6.07, 6.45) is 9.07. The molecule has 1 aromatic carbocycles. The minimum absolute atomic E-state index is 0.815. The van der Waals surface area contributed by atoms with Crippen LogP contribution in [0.4, 0.5) is 0 Å². The molecule has 0 spiro atoms. The van der Waals surface area contributed by atoms with Crippen molar-refractivity contribution in [3.05, 3.63) is 35.9 Å². The average molecular weight is 261 g/mol. The van der Waals surface area contributed by atoms with E-state index in [0.29, 0.717) is 0 Å². The van der Waals surface area contributed by atoms with Gasteiger partial charge in [-0.15, -0.1) is 0 Å². The van der Waals surface area contributed by atoms with Crippen LogP contribution in [0.2, 0.25) is 0 Å². The van der Waals surface area contributed by atoms with Gasteiger partial charge >= 0.3 is 0 Å². The molecule has 2 heteroatoms. The molecule has 0 aromatic heterocycles. The Morgan fingerprint density at radius 1 is 1.11 bits per heavy atom. The first-order valence-electron chi connectivity index (χ1n) is 7.43. The molecule has 0 radical (unpaired) electrons. The Morgan fingerprint density at radius 3 is 2.68 bits per heavy atom. The van der Waals surface area contributed by atoms with Crippen molar-refractivity contribution in [3.8, 4) is 5.75 Å². The molecule has 2 nitrogen and oxygen atoms in total. The summed E-state index contributed by atoms with van der Waals surface area (Å²) >= 11 is 0. The standard InChI is InChI=1S/C17H27NO/c1-3-11-16-12-7-8-13-17(16)19-15-10-6-5-9-14-18-4-2/h3,7-8,11-13,18H,4-6,9-10,14-15H2,1-2H3. The Morgan fingerprint density at radius 2 is 1.89 bits per heavy atom. The van der Waals surface area contributed by atoms with E-state index < -0.39 is 0 Å². The molecular weight excluding hydrogens is 234 g/mol. The molecule has 0 aliphatic rings. The first kappa shape index (κ1) is 15.8. The fourth-order valence-electron chi connectivity index (χ4n) is 1.99. The molecular formula is C17H27NO. The number of benzene rings is 1. The van der Waals surface area contributed by atoms with E-state index in [4.69, 9.17) is 4.74 Å². The molecule has 0 fully saturated rings.